The first-order valence-corrected chi connectivity index (χ1v) is 7.95. The monoisotopic (exact) mass is 246 g/mol. The fraction of sp³-hybridized carbons (Fsp3) is 1.00. The van der Waals surface area contributed by atoms with Crippen LogP contribution in [0.4, 0.5) is 0 Å². The summed E-state index contributed by atoms with van der Waals surface area (Å²) in [6, 6.07) is 0. The standard InChI is InChI=1S/C18H30/c1-13(2)14(3,4)18(8)12-11(17(13,18)7)15(5)9-10-16(12,15)6/h11-12H,9-10H2,1-8H3. The van der Waals surface area contributed by atoms with Crippen molar-refractivity contribution < 1.29 is 0 Å². The van der Waals surface area contributed by atoms with Gasteiger partial charge in [-0.05, 0) is 57.2 Å². The van der Waals surface area contributed by atoms with E-state index in [2.05, 4.69) is 55.4 Å². The van der Waals surface area contributed by atoms with E-state index >= 15 is 0 Å². The highest BCUT2D eigenvalue weighted by atomic mass is 15.0. The third-order valence-electron chi connectivity index (χ3n) is 10.7. The molecule has 0 heteroatoms. The Kier molecular flexibility index (Phi) is 1.47. The predicted octanol–water partition coefficient (Wildman–Crippen LogP) is 5.13. The van der Waals surface area contributed by atoms with Crippen LogP contribution in [0.1, 0.15) is 68.2 Å². The van der Waals surface area contributed by atoms with Crippen LogP contribution in [0.15, 0.2) is 0 Å². The van der Waals surface area contributed by atoms with E-state index in [9.17, 15) is 0 Å². The van der Waals surface area contributed by atoms with Crippen molar-refractivity contribution in [1.29, 1.82) is 0 Å². The summed E-state index contributed by atoms with van der Waals surface area (Å²) in [5.41, 5.74) is 3.52. The van der Waals surface area contributed by atoms with Crippen LogP contribution in [0.2, 0.25) is 0 Å². The summed E-state index contributed by atoms with van der Waals surface area (Å²) >= 11 is 0. The van der Waals surface area contributed by atoms with Gasteiger partial charge in [0.1, 0.15) is 0 Å². The summed E-state index contributed by atoms with van der Waals surface area (Å²) in [7, 11) is 0. The average Bonchev–Trinajstić information content (AvgIpc) is 2.29. The normalized spacial score (nSPS) is 69.3. The minimum atomic E-state index is 0.496. The Morgan fingerprint density at radius 1 is 0.556 bits per heavy atom. The van der Waals surface area contributed by atoms with Crippen LogP contribution < -0.4 is 0 Å². The van der Waals surface area contributed by atoms with Gasteiger partial charge in [0.15, 0.2) is 0 Å². The first kappa shape index (κ1) is 11.8. The fourth-order valence-electron chi connectivity index (χ4n) is 8.38. The molecule has 102 valence electrons. The van der Waals surface area contributed by atoms with Crippen molar-refractivity contribution in [2.75, 3.05) is 0 Å². The highest BCUT2D eigenvalue weighted by Crippen LogP contribution is 3.02. The van der Waals surface area contributed by atoms with Gasteiger partial charge in [-0.25, -0.2) is 0 Å². The van der Waals surface area contributed by atoms with E-state index in [1.165, 1.54) is 12.8 Å². The molecule has 0 spiro atoms. The Hall–Kier alpha value is 0. The second kappa shape index (κ2) is 2.25. The van der Waals surface area contributed by atoms with Crippen molar-refractivity contribution in [1.82, 2.24) is 0 Å². The molecule has 6 unspecified atom stereocenters. The molecule has 0 nitrogen and oxygen atoms in total. The van der Waals surface area contributed by atoms with Crippen LogP contribution in [-0.2, 0) is 0 Å². The van der Waals surface area contributed by atoms with E-state index in [-0.39, 0.29) is 0 Å². The zero-order chi connectivity index (χ0) is 13.6. The summed E-state index contributed by atoms with van der Waals surface area (Å²) in [4.78, 5) is 0. The van der Waals surface area contributed by atoms with E-state index in [1.807, 2.05) is 0 Å². The number of rotatable bonds is 0. The Balaban J connectivity index is 1.88. The molecular formula is C18H30. The fourth-order valence-corrected chi connectivity index (χ4v) is 8.38. The van der Waals surface area contributed by atoms with Crippen LogP contribution in [0.5, 0.6) is 0 Å². The molecule has 0 amide bonds. The summed E-state index contributed by atoms with van der Waals surface area (Å²) < 4.78 is 0. The van der Waals surface area contributed by atoms with Gasteiger partial charge in [0.05, 0.1) is 0 Å². The van der Waals surface area contributed by atoms with Crippen molar-refractivity contribution in [3.8, 4) is 0 Å². The predicted molar refractivity (Wildman–Crippen MR) is 76.2 cm³/mol. The summed E-state index contributed by atoms with van der Waals surface area (Å²) in [5, 5.41) is 0. The van der Waals surface area contributed by atoms with E-state index in [4.69, 9.17) is 0 Å². The summed E-state index contributed by atoms with van der Waals surface area (Å²) in [5.74, 6) is 2.02. The van der Waals surface area contributed by atoms with Crippen molar-refractivity contribution >= 4 is 0 Å². The maximum absolute atomic E-state index is 2.63. The SMILES string of the molecule is CC12CCC1(C)C1C2C2(C)C(C)(C)C(C)(C)C12C. The van der Waals surface area contributed by atoms with Crippen LogP contribution in [0.3, 0.4) is 0 Å². The minimum Gasteiger partial charge on any atom is -0.0588 e. The van der Waals surface area contributed by atoms with Crippen LogP contribution in [-0.4, -0.2) is 0 Å². The average molecular weight is 246 g/mol. The van der Waals surface area contributed by atoms with Gasteiger partial charge >= 0.3 is 0 Å². The van der Waals surface area contributed by atoms with E-state index in [0.29, 0.717) is 32.5 Å². The molecule has 0 aromatic carbocycles. The van der Waals surface area contributed by atoms with Crippen molar-refractivity contribution in [3.05, 3.63) is 0 Å². The molecule has 0 heterocycles. The molecule has 0 bridgehead atoms. The Labute approximate surface area is 113 Å². The molecule has 0 saturated heterocycles. The Morgan fingerprint density at radius 2 is 0.833 bits per heavy atom. The topological polar surface area (TPSA) is 0 Å². The smallest absolute Gasteiger partial charge is 0.0170 e. The maximum Gasteiger partial charge on any atom is -0.0170 e. The molecule has 0 aromatic heterocycles. The zero-order valence-electron chi connectivity index (χ0n) is 13.6. The first-order valence-electron chi connectivity index (χ1n) is 7.95. The van der Waals surface area contributed by atoms with Gasteiger partial charge in [0.25, 0.3) is 0 Å². The molecule has 4 rings (SSSR count). The molecule has 4 aliphatic carbocycles. The van der Waals surface area contributed by atoms with E-state index in [0.717, 1.165) is 11.8 Å². The molecule has 0 aliphatic heterocycles. The van der Waals surface area contributed by atoms with Gasteiger partial charge in [-0.3, -0.25) is 0 Å². The lowest BCUT2D eigenvalue weighted by molar-refractivity contribution is -0.544. The van der Waals surface area contributed by atoms with Crippen molar-refractivity contribution in [2.45, 2.75) is 68.2 Å². The molecule has 0 aromatic rings. The van der Waals surface area contributed by atoms with Gasteiger partial charge in [0, 0.05) is 0 Å². The van der Waals surface area contributed by atoms with Gasteiger partial charge in [-0.1, -0.05) is 55.4 Å². The van der Waals surface area contributed by atoms with Gasteiger partial charge < -0.3 is 0 Å². The third kappa shape index (κ3) is 0.562. The van der Waals surface area contributed by atoms with Gasteiger partial charge in [-0.15, -0.1) is 0 Å². The lowest BCUT2D eigenvalue weighted by atomic mass is 9.03. The largest absolute Gasteiger partial charge is 0.0588 e. The quantitative estimate of drug-likeness (QED) is 0.556. The number of hydrogen-bond donors (Lipinski definition) is 0. The molecule has 4 saturated carbocycles. The summed E-state index contributed by atoms with van der Waals surface area (Å²) in [6.07, 6.45) is 2.99. The van der Waals surface area contributed by atoms with E-state index in [1.54, 1.807) is 0 Å². The van der Waals surface area contributed by atoms with Crippen LogP contribution >= 0.6 is 0 Å². The molecule has 4 fully saturated rings. The Morgan fingerprint density at radius 3 is 1.06 bits per heavy atom. The highest BCUT2D eigenvalue weighted by molar-refractivity contribution is 5.44. The van der Waals surface area contributed by atoms with Crippen molar-refractivity contribution in [2.24, 2.45) is 44.3 Å². The van der Waals surface area contributed by atoms with Gasteiger partial charge in [0.2, 0.25) is 0 Å². The van der Waals surface area contributed by atoms with E-state index < -0.39 is 0 Å². The number of hydrogen-bond acceptors (Lipinski definition) is 0. The van der Waals surface area contributed by atoms with Crippen LogP contribution in [0.25, 0.3) is 0 Å². The minimum absolute atomic E-state index is 0.496. The number of fused-ring (bicyclic) bond motifs is 7. The Bertz CT molecular complexity index is 428. The molecule has 0 N–H and O–H groups in total. The maximum atomic E-state index is 2.63. The molecular weight excluding hydrogens is 216 g/mol. The second-order valence-electron chi connectivity index (χ2n) is 9.94. The molecule has 0 radical (unpaired) electrons. The van der Waals surface area contributed by atoms with Crippen molar-refractivity contribution in [3.63, 3.8) is 0 Å². The molecule has 6 atom stereocenters. The molecule has 18 heavy (non-hydrogen) atoms. The summed E-state index contributed by atoms with van der Waals surface area (Å²) in [6.45, 7) is 20.6. The lowest BCUT2D eigenvalue weighted by Crippen LogP contribution is -2.97. The van der Waals surface area contributed by atoms with Gasteiger partial charge in [-0.2, -0.15) is 0 Å². The van der Waals surface area contributed by atoms with Crippen LogP contribution in [0, 0.1) is 44.3 Å². The molecule has 4 aliphatic rings. The lowest BCUT2D eigenvalue weighted by Gasteiger charge is -3.01. The second-order valence-corrected chi connectivity index (χ2v) is 9.94. The third-order valence-corrected chi connectivity index (χ3v) is 10.7. The zero-order valence-corrected chi connectivity index (χ0v) is 13.6. The first-order chi connectivity index (χ1) is 7.95. The highest BCUT2D eigenvalue weighted by Gasteiger charge is 2.97.